The van der Waals surface area contributed by atoms with Crippen LogP contribution >= 0.6 is 23.1 Å². The van der Waals surface area contributed by atoms with Gasteiger partial charge >= 0.3 is 0 Å². The van der Waals surface area contributed by atoms with Gasteiger partial charge in [-0.05, 0) is 43.5 Å². The number of hydrogen-bond acceptors (Lipinski definition) is 6. The highest BCUT2D eigenvalue weighted by atomic mass is 32.2. The summed E-state index contributed by atoms with van der Waals surface area (Å²) in [4.78, 5) is 35.2. The van der Waals surface area contributed by atoms with Crippen molar-refractivity contribution >= 4 is 44.9 Å². The Morgan fingerprint density at radius 1 is 1.14 bits per heavy atom. The molecule has 6 nitrogen and oxygen atoms in total. The summed E-state index contributed by atoms with van der Waals surface area (Å²) in [5, 5.41) is 1.29. The standard InChI is InChI=1S/C28H29N3O3S2/c1-28(2)16-21-22(17-34-28)36-25-24(21)26(33)31(15-14-19-10-6-4-7-11-19)27(29-25)35-18-23(32)30(3)20-12-8-5-9-13-20/h4-13H,14-18H2,1-3H3. The molecule has 0 unspecified atom stereocenters. The molecule has 186 valence electrons. The van der Waals surface area contributed by atoms with E-state index >= 15 is 0 Å². The summed E-state index contributed by atoms with van der Waals surface area (Å²) in [6, 6.07) is 19.7. The molecule has 5 rings (SSSR count). The second-order valence-electron chi connectivity index (χ2n) is 9.57. The zero-order valence-electron chi connectivity index (χ0n) is 20.7. The number of thioether (sulfide) groups is 1. The number of carbonyl (C=O) groups excluding carboxylic acids is 1. The fraction of sp³-hybridized carbons (Fsp3) is 0.321. The van der Waals surface area contributed by atoms with Gasteiger partial charge in [-0.2, -0.15) is 0 Å². The van der Waals surface area contributed by atoms with Crippen LogP contribution in [0, 0.1) is 0 Å². The van der Waals surface area contributed by atoms with Gasteiger partial charge in [0.25, 0.3) is 5.56 Å². The molecular formula is C28H29N3O3S2. The Balaban J connectivity index is 1.48. The third kappa shape index (κ3) is 5.12. The average molecular weight is 520 g/mol. The summed E-state index contributed by atoms with van der Waals surface area (Å²) < 4.78 is 7.75. The predicted octanol–water partition coefficient (Wildman–Crippen LogP) is 5.31. The second kappa shape index (κ2) is 10.2. The number of carbonyl (C=O) groups is 1. The molecule has 0 atom stereocenters. The molecule has 0 spiro atoms. The monoisotopic (exact) mass is 519 g/mol. The number of para-hydroxylation sites is 1. The number of ether oxygens (including phenoxy) is 1. The molecule has 1 aliphatic rings. The van der Waals surface area contributed by atoms with Gasteiger partial charge in [0.2, 0.25) is 5.91 Å². The lowest BCUT2D eigenvalue weighted by molar-refractivity contribution is -0.115. The van der Waals surface area contributed by atoms with Crippen molar-refractivity contribution in [1.29, 1.82) is 0 Å². The smallest absolute Gasteiger partial charge is 0.263 e. The average Bonchev–Trinajstić information content (AvgIpc) is 3.24. The van der Waals surface area contributed by atoms with E-state index in [0.29, 0.717) is 36.5 Å². The zero-order chi connectivity index (χ0) is 25.3. The molecule has 0 saturated heterocycles. The van der Waals surface area contributed by atoms with E-state index in [1.54, 1.807) is 16.5 Å². The highest BCUT2D eigenvalue weighted by Gasteiger charge is 2.31. The largest absolute Gasteiger partial charge is 0.370 e. The molecule has 8 heteroatoms. The number of anilines is 1. The number of fused-ring (bicyclic) bond motifs is 3. The van der Waals surface area contributed by atoms with Crippen LogP contribution in [0.5, 0.6) is 0 Å². The van der Waals surface area contributed by atoms with Crippen molar-refractivity contribution in [2.45, 2.75) is 50.6 Å². The van der Waals surface area contributed by atoms with Crippen LogP contribution in [0.15, 0.2) is 70.6 Å². The molecule has 2 aromatic carbocycles. The summed E-state index contributed by atoms with van der Waals surface area (Å²) in [6.07, 6.45) is 1.39. The first-order valence-electron chi connectivity index (χ1n) is 12.0. The van der Waals surface area contributed by atoms with E-state index in [-0.39, 0.29) is 22.8 Å². The van der Waals surface area contributed by atoms with Gasteiger partial charge in [0.05, 0.1) is 23.3 Å². The van der Waals surface area contributed by atoms with E-state index in [1.807, 2.05) is 48.5 Å². The molecule has 3 heterocycles. The van der Waals surface area contributed by atoms with Crippen molar-refractivity contribution in [1.82, 2.24) is 9.55 Å². The Bertz CT molecular complexity index is 1450. The Labute approximate surface area is 218 Å². The second-order valence-corrected chi connectivity index (χ2v) is 11.6. The molecule has 0 fully saturated rings. The lowest BCUT2D eigenvalue weighted by Gasteiger charge is -2.29. The highest BCUT2D eigenvalue weighted by Crippen LogP contribution is 2.37. The van der Waals surface area contributed by atoms with Gasteiger partial charge in [0, 0.05) is 30.6 Å². The van der Waals surface area contributed by atoms with Crippen molar-refractivity contribution in [2.75, 3.05) is 17.7 Å². The first-order valence-corrected chi connectivity index (χ1v) is 13.8. The summed E-state index contributed by atoms with van der Waals surface area (Å²) >= 11 is 2.86. The van der Waals surface area contributed by atoms with Gasteiger partial charge < -0.3 is 9.64 Å². The van der Waals surface area contributed by atoms with Crippen molar-refractivity contribution in [3.63, 3.8) is 0 Å². The number of rotatable bonds is 7. The summed E-state index contributed by atoms with van der Waals surface area (Å²) in [5.41, 5.74) is 2.71. The highest BCUT2D eigenvalue weighted by molar-refractivity contribution is 7.99. The molecular weight excluding hydrogens is 490 g/mol. The lowest BCUT2D eigenvalue weighted by Crippen LogP contribution is -2.32. The maximum absolute atomic E-state index is 13.9. The van der Waals surface area contributed by atoms with Crippen LogP contribution in [0.2, 0.25) is 0 Å². The molecule has 36 heavy (non-hydrogen) atoms. The minimum absolute atomic E-state index is 0.0301. The van der Waals surface area contributed by atoms with E-state index in [4.69, 9.17) is 9.72 Å². The van der Waals surface area contributed by atoms with Gasteiger partial charge in [-0.25, -0.2) is 4.98 Å². The Morgan fingerprint density at radius 2 is 1.83 bits per heavy atom. The van der Waals surface area contributed by atoms with Crippen LogP contribution in [0.25, 0.3) is 10.2 Å². The van der Waals surface area contributed by atoms with E-state index in [2.05, 4.69) is 26.0 Å². The first kappa shape index (κ1) is 24.7. The number of benzene rings is 2. The van der Waals surface area contributed by atoms with E-state index < -0.39 is 0 Å². The Morgan fingerprint density at radius 3 is 2.56 bits per heavy atom. The Kier molecular flexibility index (Phi) is 7.01. The van der Waals surface area contributed by atoms with Crippen molar-refractivity contribution in [3.05, 3.63) is 87.0 Å². The van der Waals surface area contributed by atoms with E-state index in [1.165, 1.54) is 23.1 Å². The van der Waals surface area contributed by atoms with E-state index in [0.717, 1.165) is 26.5 Å². The minimum Gasteiger partial charge on any atom is -0.370 e. The fourth-order valence-corrected chi connectivity index (χ4v) is 6.50. The van der Waals surface area contributed by atoms with Crippen molar-refractivity contribution in [3.8, 4) is 0 Å². The summed E-state index contributed by atoms with van der Waals surface area (Å²) in [6.45, 7) is 5.11. The topological polar surface area (TPSA) is 64.4 Å². The maximum atomic E-state index is 13.9. The van der Waals surface area contributed by atoms with Crippen LogP contribution in [0.1, 0.15) is 29.9 Å². The van der Waals surface area contributed by atoms with Gasteiger partial charge in [-0.1, -0.05) is 60.3 Å². The van der Waals surface area contributed by atoms with Crippen LogP contribution in [0.4, 0.5) is 5.69 Å². The predicted molar refractivity (Wildman–Crippen MR) is 147 cm³/mol. The zero-order valence-corrected chi connectivity index (χ0v) is 22.3. The molecule has 2 aromatic heterocycles. The minimum atomic E-state index is -0.315. The normalized spacial score (nSPS) is 14.5. The molecule has 1 aliphatic heterocycles. The molecule has 0 bridgehead atoms. The molecule has 0 aliphatic carbocycles. The third-order valence-electron chi connectivity index (χ3n) is 6.46. The summed E-state index contributed by atoms with van der Waals surface area (Å²) in [7, 11) is 1.77. The molecule has 1 amide bonds. The lowest BCUT2D eigenvalue weighted by atomic mass is 9.94. The number of nitrogens with zero attached hydrogens (tertiary/aromatic N) is 3. The molecule has 0 saturated carbocycles. The molecule has 0 N–H and O–H groups in total. The van der Waals surface area contributed by atoms with Gasteiger partial charge in [0.15, 0.2) is 5.16 Å². The maximum Gasteiger partial charge on any atom is 0.263 e. The Hall–Kier alpha value is -2.94. The fourth-order valence-electron chi connectivity index (χ4n) is 4.42. The van der Waals surface area contributed by atoms with Crippen molar-refractivity contribution < 1.29 is 9.53 Å². The first-order chi connectivity index (χ1) is 17.3. The number of aromatic nitrogens is 2. The number of hydrogen-bond donors (Lipinski definition) is 0. The number of amides is 1. The third-order valence-corrected chi connectivity index (χ3v) is 8.53. The van der Waals surface area contributed by atoms with Gasteiger partial charge in [-0.15, -0.1) is 11.3 Å². The molecule has 4 aromatic rings. The van der Waals surface area contributed by atoms with Gasteiger partial charge in [0.1, 0.15) is 4.83 Å². The van der Waals surface area contributed by atoms with Crippen LogP contribution in [-0.2, 0) is 35.5 Å². The molecule has 0 radical (unpaired) electrons. The van der Waals surface area contributed by atoms with Crippen LogP contribution in [-0.4, -0.2) is 33.9 Å². The quantitative estimate of drug-likeness (QED) is 0.245. The van der Waals surface area contributed by atoms with E-state index in [9.17, 15) is 9.59 Å². The van der Waals surface area contributed by atoms with Gasteiger partial charge in [-0.3, -0.25) is 14.2 Å². The van der Waals surface area contributed by atoms with Crippen LogP contribution in [0.3, 0.4) is 0 Å². The SMILES string of the molecule is CN(C(=O)CSc1nc2sc3c(c2c(=O)n1CCc1ccccc1)CC(C)(C)OC3)c1ccccc1. The number of thiophene rings is 1. The number of aryl methyl sites for hydroxylation is 1. The van der Waals surface area contributed by atoms with Crippen molar-refractivity contribution in [2.24, 2.45) is 0 Å². The van der Waals surface area contributed by atoms with Crippen LogP contribution < -0.4 is 10.5 Å². The summed E-state index contributed by atoms with van der Waals surface area (Å²) in [5.74, 6) is 0.145.